The smallest absolute Gasteiger partial charge is 0.141 e. The van der Waals surface area contributed by atoms with Crippen LogP contribution in [-0.4, -0.2) is 42.6 Å². The Labute approximate surface area is 114 Å². The van der Waals surface area contributed by atoms with Gasteiger partial charge < -0.3 is 10.6 Å². The highest BCUT2D eigenvalue weighted by molar-refractivity contribution is 5.47. The molecule has 106 valence electrons. The number of halogens is 1. The minimum absolute atomic E-state index is 0.317. The monoisotopic (exact) mass is 266 g/mol. The van der Waals surface area contributed by atoms with Gasteiger partial charge in [0.15, 0.2) is 0 Å². The fourth-order valence-corrected chi connectivity index (χ4v) is 2.57. The number of pyridine rings is 1. The second kappa shape index (κ2) is 6.30. The van der Waals surface area contributed by atoms with Crippen LogP contribution in [0.3, 0.4) is 0 Å². The zero-order valence-corrected chi connectivity index (χ0v) is 11.8. The first-order chi connectivity index (χ1) is 9.10. The van der Waals surface area contributed by atoms with Crippen LogP contribution in [0.15, 0.2) is 12.3 Å². The fraction of sp³-hybridized carbons (Fsp3) is 0.643. The molecule has 0 bridgehead atoms. The van der Waals surface area contributed by atoms with Gasteiger partial charge in [0.1, 0.15) is 11.6 Å². The third kappa shape index (κ3) is 3.64. The minimum Gasteiger partial charge on any atom is -0.354 e. The molecule has 0 unspecified atom stereocenters. The number of aromatic nitrogens is 1. The molecule has 0 aromatic carbocycles. The van der Waals surface area contributed by atoms with Crippen LogP contribution in [0.4, 0.5) is 10.2 Å². The van der Waals surface area contributed by atoms with E-state index in [1.165, 1.54) is 12.3 Å². The summed E-state index contributed by atoms with van der Waals surface area (Å²) in [5.74, 6) is 1.21. The van der Waals surface area contributed by atoms with Crippen molar-refractivity contribution in [3.63, 3.8) is 0 Å². The lowest BCUT2D eigenvalue weighted by atomic mass is 10.1. The van der Waals surface area contributed by atoms with Gasteiger partial charge in [-0.1, -0.05) is 13.8 Å². The maximum atomic E-state index is 13.2. The lowest BCUT2D eigenvalue weighted by Crippen LogP contribution is -2.48. The van der Waals surface area contributed by atoms with Gasteiger partial charge in [-0.2, -0.15) is 0 Å². The first kappa shape index (κ1) is 14.2. The molecule has 1 aromatic heterocycles. The number of nitrogens with two attached hydrogens (primary N) is 1. The van der Waals surface area contributed by atoms with E-state index < -0.39 is 0 Å². The second-order valence-corrected chi connectivity index (χ2v) is 5.52. The maximum Gasteiger partial charge on any atom is 0.141 e. The van der Waals surface area contributed by atoms with Crippen LogP contribution in [0, 0.1) is 11.7 Å². The van der Waals surface area contributed by atoms with E-state index in [4.69, 9.17) is 5.73 Å². The van der Waals surface area contributed by atoms with Gasteiger partial charge in [-0.25, -0.2) is 9.37 Å². The van der Waals surface area contributed by atoms with Gasteiger partial charge in [0.05, 0.1) is 6.20 Å². The van der Waals surface area contributed by atoms with E-state index in [2.05, 4.69) is 28.6 Å². The summed E-state index contributed by atoms with van der Waals surface area (Å²) >= 11 is 0. The second-order valence-electron chi connectivity index (χ2n) is 5.52. The number of rotatable bonds is 4. The molecule has 1 aromatic rings. The van der Waals surface area contributed by atoms with Gasteiger partial charge in [0, 0.05) is 44.8 Å². The highest BCUT2D eigenvalue weighted by Crippen LogP contribution is 2.20. The van der Waals surface area contributed by atoms with Crippen LogP contribution in [0.2, 0.25) is 0 Å². The molecule has 0 saturated carbocycles. The van der Waals surface area contributed by atoms with Gasteiger partial charge in [0.25, 0.3) is 0 Å². The van der Waals surface area contributed by atoms with Crippen LogP contribution in [-0.2, 0) is 6.54 Å². The van der Waals surface area contributed by atoms with Gasteiger partial charge in [-0.15, -0.1) is 0 Å². The predicted molar refractivity (Wildman–Crippen MR) is 75.6 cm³/mol. The molecule has 2 rings (SSSR count). The minimum atomic E-state index is -0.317. The van der Waals surface area contributed by atoms with E-state index in [1.54, 1.807) is 0 Å². The van der Waals surface area contributed by atoms with Crippen molar-refractivity contribution in [1.29, 1.82) is 0 Å². The molecule has 2 heterocycles. The quantitative estimate of drug-likeness (QED) is 0.896. The normalized spacial score (nSPS) is 17.2. The van der Waals surface area contributed by atoms with Gasteiger partial charge in [-0.3, -0.25) is 4.90 Å². The number of hydrogen-bond donors (Lipinski definition) is 1. The number of anilines is 1. The third-order valence-corrected chi connectivity index (χ3v) is 3.42. The summed E-state index contributed by atoms with van der Waals surface area (Å²) in [6, 6.07) is 1.49. The SMILES string of the molecule is CC(C)CN1CCN(c2ncc(F)cc2CN)CC1. The Hall–Kier alpha value is -1.20. The Balaban J connectivity index is 2.01. The molecule has 2 N–H and O–H groups in total. The Morgan fingerprint density at radius 2 is 2.00 bits per heavy atom. The van der Waals surface area contributed by atoms with Crippen molar-refractivity contribution in [3.8, 4) is 0 Å². The van der Waals surface area contributed by atoms with E-state index in [0.717, 1.165) is 44.1 Å². The highest BCUT2D eigenvalue weighted by Gasteiger charge is 2.20. The zero-order chi connectivity index (χ0) is 13.8. The molecule has 0 atom stereocenters. The van der Waals surface area contributed by atoms with Crippen LogP contribution < -0.4 is 10.6 Å². The van der Waals surface area contributed by atoms with Crippen molar-refractivity contribution in [3.05, 3.63) is 23.6 Å². The Morgan fingerprint density at radius 1 is 1.32 bits per heavy atom. The summed E-state index contributed by atoms with van der Waals surface area (Å²) in [5, 5.41) is 0. The van der Waals surface area contributed by atoms with Crippen LogP contribution >= 0.6 is 0 Å². The van der Waals surface area contributed by atoms with Gasteiger partial charge in [0.2, 0.25) is 0 Å². The first-order valence-corrected chi connectivity index (χ1v) is 6.92. The molecule has 4 nitrogen and oxygen atoms in total. The lowest BCUT2D eigenvalue weighted by Gasteiger charge is -2.36. The van der Waals surface area contributed by atoms with Crippen molar-refractivity contribution in [2.45, 2.75) is 20.4 Å². The molecule has 0 amide bonds. The van der Waals surface area contributed by atoms with Crippen molar-refractivity contribution >= 4 is 5.82 Å². The third-order valence-electron chi connectivity index (χ3n) is 3.42. The van der Waals surface area contributed by atoms with E-state index in [0.29, 0.717) is 12.5 Å². The molecule has 1 fully saturated rings. The number of hydrogen-bond acceptors (Lipinski definition) is 4. The molecule has 19 heavy (non-hydrogen) atoms. The summed E-state index contributed by atoms with van der Waals surface area (Å²) in [6.07, 6.45) is 1.27. The van der Waals surface area contributed by atoms with Crippen molar-refractivity contribution in [1.82, 2.24) is 9.88 Å². The standard InChI is InChI=1S/C14H23FN4/c1-11(2)10-18-3-5-19(6-4-18)14-12(8-16)7-13(15)9-17-14/h7,9,11H,3-6,8,10,16H2,1-2H3. The summed E-state index contributed by atoms with van der Waals surface area (Å²) in [4.78, 5) is 8.88. The largest absolute Gasteiger partial charge is 0.354 e. The first-order valence-electron chi connectivity index (χ1n) is 6.92. The summed E-state index contributed by atoms with van der Waals surface area (Å²) in [7, 11) is 0. The van der Waals surface area contributed by atoms with Crippen molar-refractivity contribution in [2.75, 3.05) is 37.6 Å². The number of piperazine rings is 1. The zero-order valence-electron chi connectivity index (χ0n) is 11.8. The van der Waals surface area contributed by atoms with E-state index in [9.17, 15) is 4.39 Å². The lowest BCUT2D eigenvalue weighted by molar-refractivity contribution is 0.230. The van der Waals surface area contributed by atoms with Crippen LogP contribution in [0.5, 0.6) is 0 Å². The van der Waals surface area contributed by atoms with Crippen LogP contribution in [0.1, 0.15) is 19.4 Å². The average Bonchev–Trinajstić information content (AvgIpc) is 2.39. The topological polar surface area (TPSA) is 45.4 Å². The number of nitrogens with zero attached hydrogens (tertiary/aromatic N) is 3. The Kier molecular flexibility index (Phi) is 4.71. The average molecular weight is 266 g/mol. The molecule has 1 aliphatic rings. The molecular weight excluding hydrogens is 243 g/mol. The molecule has 5 heteroatoms. The molecule has 1 aliphatic heterocycles. The van der Waals surface area contributed by atoms with Crippen molar-refractivity contribution in [2.24, 2.45) is 11.7 Å². The molecular formula is C14H23FN4. The van der Waals surface area contributed by atoms with Crippen molar-refractivity contribution < 1.29 is 4.39 Å². The van der Waals surface area contributed by atoms with E-state index in [-0.39, 0.29) is 5.82 Å². The molecule has 0 aliphatic carbocycles. The summed E-state index contributed by atoms with van der Waals surface area (Å²) in [6.45, 7) is 9.85. The van der Waals surface area contributed by atoms with Gasteiger partial charge >= 0.3 is 0 Å². The highest BCUT2D eigenvalue weighted by atomic mass is 19.1. The molecule has 1 saturated heterocycles. The predicted octanol–water partition coefficient (Wildman–Crippen LogP) is 1.46. The summed E-state index contributed by atoms with van der Waals surface area (Å²) in [5.41, 5.74) is 6.46. The maximum absolute atomic E-state index is 13.2. The molecule has 0 spiro atoms. The van der Waals surface area contributed by atoms with E-state index in [1.807, 2.05) is 0 Å². The Bertz CT molecular complexity index is 414. The Morgan fingerprint density at radius 3 is 2.58 bits per heavy atom. The van der Waals surface area contributed by atoms with E-state index >= 15 is 0 Å². The molecule has 0 radical (unpaired) electrons. The fourth-order valence-electron chi connectivity index (χ4n) is 2.57. The van der Waals surface area contributed by atoms with Gasteiger partial charge in [-0.05, 0) is 12.0 Å². The van der Waals surface area contributed by atoms with Crippen LogP contribution in [0.25, 0.3) is 0 Å². The summed E-state index contributed by atoms with van der Waals surface area (Å²) < 4.78 is 13.2.